The molecule has 0 radical (unpaired) electrons. The Balaban J connectivity index is 1.41. The van der Waals surface area contributed by atoms with Gasteiger partial charge in [-0.15, -0.1) is 0 Å². The smallest absolute Gasteiger partial charge is 0.416 e. The maximum absolute atomic E-state index is 13.0. The van der Waals surface area contributed by atoms with Crippen molar-refractivity contribution in [3.05, 3.63) is 83.9 Å². The molecule has 0 amide bonds. The van der Waals surface area contributed by atoms with Gasteiger partial charge in [-0.1, -0.05) is 48.2 Å². The predicted octanol–water partition coefficient (Wildman–Crippen LogP) is 6.19. The summed E-state index contributed by atoms with van der Waals surface area (Å²) in [6, 6.07) is 21.9. The molecule has 0 unspecified atom stereocenters. The Bertz CT molecular complexity index is 1050. The second kappa shape index (κ2) is 9.88. The quantitative estimate of drug-likeness (QED) is 0.438. The maximum atomic E-state index is 13.0. The van der Waals surface area contributed by atoms with E-state index in [0.29, 0.717) is 18.8 Å². The zero-order chi connectivity index (χ0) is 22.6. The lowest BCUT2D eigenvalue weighted by atomic mass is 10.1. The molecule has 1 saturated heterocycles. The van der Waals surface area contributed by atoms with Crippen molar-refractivity contribution in [2.75, 3.05) is 38.2 Å². The summed E-state index contributed by atoms with van der Waals surface area (Å²) >= 11 is 1.69. The average molecular weight is 459 g/mol. The number of hydrogen-bond donors (Lipinski definition) is 0. The molecular weight excluding hydrogens is 433 g/mol. The van der Waals surface area contributed by atoms with Gasteiger partial charge in [0, 0.05) is 43.3 Å². The Kier molecular flexibility index (Phi) is 6.96. The Morgan fingerprint density at radius 3 is 2.25 bits per heavy atom. The van der Waals surface area contributed by atoms with Crippen LogP contribution < -0.4 is 9.64 Å². The highest BCUT2D eigenvalue weighted by Gasteiger charge is 2.31. The van der Waals surface area contributed by atoms with Crippen molar-refractivity contribution < 1.29 is 17.9 Å². The molecule has 1 aliphatic rings. The first-order valence-corrected chi connectivity index (χ1v) is 11.3. The van der Waals surface area contributed by atoms with Crippen molar-refractivity contribution in [2.24, 2.45) is 0 Å². The Hall–Kier alpha value is -2.64. The van der Waals surface area contributed by atoms with Crippen LogP contribution in [0.25, 0.3) is 0 Å². The lowest BCUT2D eigenvalue weighted by Crippen LogP contribution is -2.46. The van der Waals surface area contributed by atoms with Crippen LogP contribution in [-0.4, -0.2) is 38.2 Å². The van der Waals surface area contributed by atoms with Crippen molar-refractivity contribution >= 4 is 17.4 Å². The summed E-state index contributed by atoms with van der Waals surface area (Å²) in [5.74, 6) is 0.849. The number of para-hydroxylation sites is 1. The third-order valence-electron chi connectivity index (χ3n) is 5.57. The van der Waals surface area contributed by atoms with Gasteiger partial charge in [0.15, 0.2) is 0 Å². The Labute approximate surface area is 190 Å². The lowest BCUT2D eigenvalue weighted by molar-refractivity contribution is -0.137. The van der Waals surface area contributed by atoms with Crippen molar-refractivity contribution in [3.8, 4) is 5.75 Å². The van der Waals surface area contributed by atoms with Crippen LogP contribution in [-0.2, 0) is 12.7 Å². The molecule has 3 aromatic carbocycles. The molecule has 3 aromatic rings. The summed E-state index contributed by atoms with van der Waals surface area (Å²) in [6.07, 6.45) is -4.32. The van der Waals surface area contributed by atoms with Crippen LogP contribution in [0, 0.1) is 0 Å². The normalized spacial score (nSPS) is 15.1. The summed E-state index contributed by atoms with van der Waals surface area (Å²) < 4.78 is 44.6. The van der Waals surface area contributed by atoms with E-state index >= 15 is 0 Å². The van der Waals surface area contributed by atoms with Gasteiger partial charge in [0.05, 0.1) is 17.6 Å². The molecule has 168 valence electrons. The first kappa shape index (κ1) is 22.6. The van der Waals surface area contributed by atoms with Crippen LogP contribution >= 0.6 is 11.8 Å². The van der Waals surface area contributed by atoms with Crippen LogP contribution in [0.2, 0.25) is 0 Å². The molecule has 4 rings (SSSR count). The summed E-state index contributed by atoms with van der Waals surface area (Å²) in [5.41, 5.74) is 1.27. The summed E-state index contributed by atoms with van der Waals surface area (Å²) in [4.78, 5) is 6.63. The molecule has 3 nitrogen and oxygen atoms in total. The Morgan fingerprint density at radius 2 is 1.53 bits per heavy atom. The van der Waals surface area contributed by atoms with Crippen LogP contribution in [0.3, 0.4) is 0 Å². The summed E-state index contributed by atoms with van der Waals surface area (Å²) in [5, 5.41) is 0. The van der Waals surface area contributed by atoms with Crippen LogP contribution in [0.5, 0.6) is 5.75 Å². The third kappa shape index (κ3) is 5.40. The van der Waals surface area contributed by atoms with Gasteiger partial charge in [-0.2, -0.15) is 13.2 Å². The minimum Gasteiger partial charge on any atom is -0.496 e. The molecule has 1 heterocycles. The fraction of sp³-hybridized carbons (Fsp3) is 0.280. The average Bonchev–Trinajstić information content (AvgIpc) is 2.81. The van der Waals surface area contributed by atoms with Crippen LogP contribution in [0.1, 0.15) is 11.1 Å². The minimum atomic E-state index is -4.32. The molecule has 1 aliphatic heterocycles. The fourth-order valence-corrected chi connectivity index (χ4v) is 4.89. The van der Waals surface area contributed by atoms with E-state index in [9.17, 15) is 13.2 Å². The second-order valence-electron chi connectivity index (χ2n) is 7.67. The number of methoxy groups -OCH3 is 1. The van der Waals surface area contributed by atoms with Crippen LogP contribution in [0.15, 0.2) is 82.6 Å². The molecule has 0 aromatic heterocycles. The molecule has 0 atom stereocenters. The van der Waals surface area contributed by atoms with Crippen LogP contribution in [0.4, 0.5) is 18.9 Å². The van der Waals surface area contributed by atoms with Gasteiger partial charge in [0.1, 0.15) is 5.75 Å². The first-order valence-electron chi connectivity index (χ1n) is 10.5. The molecule has 1 fully saturated rings. The van der Waals surface area contributed by atoms with Crippen molar-refractivity contribution in [3.63, 3.8) is 0 Å². The van der Waals surface area contributed by atoms with E-state index in [2.05, 4.69) is 17.0 Å². The summed E-state index contributed by atoms with van der Waals surface area (Å²) in [7, 11) is 1.68. The number of rotatable bonds is 6. The van der Waals surface area contributed by atoms with Gasteiger partial charge in [0.2, 0.25) is 0 Å². The zero-order valence-electron chi connectivity index (χ0n) is 17.8. The van der Waals surface area contributed by atoms with Crippen molar-refractivity contribution in [1.82, 2.24) is 4.90 Å². The molecule has 0 aliphatic carbocycles. The van der Waals surface area contributed by atoms with Gasteiger partial charge in [-0.25, -0.2) is 0 Å². The predicted molar refractivity (Wildman–Crippen MR) is 122 cm³/mol. The monoisotopic (exact) mass is 458 g/mol. The minimum absolute atomic E-state index is 0.597. The van der Waals surface area contributed by atoms with Crippen molar-refractivity contribution in [1.29, 1.82) is 0 Å². The number of benzene rings is 3. The molecule has 7 heteroatoms. The SMILES string of the molecule is COc1ccccc1Sc1ccccc1CN1CCN(c2cccc(C(F)(F)F)c2)CC1. The maximum Gasteiger partial charge on any atom is 0.416 e. The molecule has 0 bridgehead atoms. The van der Waals surface area contributed by atoms with E-state index in [1.807, 2.05) is 41.3 Å². The highest BCUT2D eigenvalue weighted by Crippen LogP contribution is 2.37. The van der Waals surface area contributed by atoms with Crippen molar-refractivity contribution in [2.45, 2.75) is 22.5 Å². The molecule has 0 N–H and O–H groups in total. The van der Waals surface area contributed by atoms with Gasteiger partial charge in [0.25, 0.3) is 0 Å². The zero-order valence-corrected chi connectivity index (χ0v) is 18.6. The first-order chi connectivity index (χ1) is 15.4. The van der Waals surface area contributed by atoms with Gasteiger partial charge in [-0.3, -0.25) is 4.90 Å². The van der Waals surface area contributed by atoms with Gasteiger partial charge in [-0.05, 0) is 42.0 Å². The largest absolute Gasteiger partial charge is 0.496 e. The topological polar surface area (TPSA) is 15.7 Å². The number of piperazine rings is 1. The highest BCUT2D eigenvalue weighted by molar-refractivity contribution is 7.99. The summed E-state index contributed by atoms with van der Waals surface area (Å²) in [6.45, 7) is 3.79. The van der Waals surface area contributed by atoms with E-state index in [1.165, 1.54) is 22.6 Å². The van der Waals surface area contributed by atoms with E-state index in [0.717, 1.165) is 36.3 Å². The Morgan fingerprint density at radius 1 is 0.844 bits per heavy atom. The van der Waals surface area contributed by atoms with Gasteiger partial charge < -0.3 is 9.64 Å². The number of ether oxygens (including phenoxy) is 1. The number of anilines is 1. The number of hydrogen-bond acceptors (Lipinski definition) is 4. The number of halogens is 3. The van der Waals surface area contributed by atoms with E-state index in [-0.39, 0.29) is 0 Å². The molecule has 0 saturated carbocycles. The standard InChI is InChI=1S/C25H25F3N2OS/c1-31-22-10-3-5-12-24(22)32-23-11-4-2-7-19(23)18-29-13-15-30(16-14-29)21-9-6-8-20(17-21)25(26,27)28/h2-12,17H,13-16,18H2,1H3. The molecule has 32 heavy (non-hydrogen) atoms. The van der Waals surface area contributed by atoms with E-state index in [4.69, 9.17) is 4.74 Å². The molecular formula is C25H25F3N2OS. The fourth-order valence-electron chi connectivity index (χ4n) is 3.84. The van der Waals surface area contributed by atoms with E-state index in [1.54, 1.807) is 24.9 Å². The molecule has 0 spiro atoms. The van der Waals surface area contributed by atoms with E-state index < -0.39 is 11.7 Å². The number of alkyl halides is 3. The van der Waals surface area contributed by atoms with Gasteiger partial charge >= 0.3 is 6.18 Å². The lowest BCUT2D eigenvalue weighted by Gasteiger charge is -2.36. The highest BCUT2D eigenvalue weighted by atomic mass is 32.2. The second-order valence-corrected chi connectivity index (χ2v) is 8.76. The number of nitrogens with zero attached hydrogens (tertiary/aromatic N) is 2. The third-order valence-corrected chi connectivity index (χ3v) is 6.74.